The standard InChI is InChI=1S/C15H11N3O/c19-15-8-12(11-4-2-1-3-5-11)13-9-16-6-7-17-10-14(13)18-15/h1-10H,(H,18,19)/b7-6-,13-9?,14-10?,16-6?,16-9?,17-7?,17-10?. The second kappa shape index (κ2) is 4.86. The third kappa shape index (κ3) is 2.28. The van der Waals surface area contributed by atoms with Gasteiger partial charge < -0.3 is 4.98 Å². The summed E-state index contributed by atoms with van der Waals surface area (Å²) in [7, 11) is 0. The summed E-state index contributed by atoms with van der Waals surface area (Å²) in [5.74, 6) is 0. The molecule has 2 heterocycles. The van der Waals surface area contributed by atoms with Gasteiger partial charge in [-0.1, -0.05) is 30.3 Å². The van der Waals surface area contributed by atoms with E-state index in [4.69, 9.17) is 0 Å². The first kappa shape index (κ1) is 11.3. The lowest BCUT2D eigenvalue weighted by molar-refractivity contribution is 1.21. The highest BCUT2D eigenvalue weighted by molar-refractivity contribution is 5.99. The first-order valence-electron chi connectivity index (χ1n) is 5.89. The average Bonchev–Trinajstić information content (AvgIpc) is 2.41. The fourth-order valence-electron chi connectivity index (χ4n) is 2.00. The van der Waals surface area contributed by atoms with Crippen molar-refractivity contribution in [3.63, 3.8) is 0 Å². The molecule has 0 atom stereocenters. The number of aliphatic imine (C=N–C) groups is 2. The molecule has 4 nitrogen and oxygen atoms in total. The van der Waals surface area contributed by atoms with Gasteiger partial charge in [-0.2, -0.15) is 0 Å². The predicted octanol–water partition coefficient (Wildman–Crippen LogP) is 2.36. The Morgan fingerprint density at radius 2 is 1.68 bits per heavy atom. The smallest absolute Gasteiger partial charge is 0.249 e. The van der Waals surface area contributed by atoms with Crippen LogP contribution < -0.4 is 5.56 Å². The van der Waals surface area contributed by atoms with Crippen LogP contribution in [-0.2, 0) is 0 Å². The molecule has 3 rings (SSSR count). The molecule has 1 aromatic heterocycles. The van der Waals surface area contributed by atoms with Gasteiger partial charge in [0, 0.05) is 30.2 Å². The van der Waals surface area contributed by atoms with E-state index in [2.05, 4.69) is 15.0 Å². The lowest BCUT2D eigenvalue weighted by Crippen LogP contribution is -2.12. The molecule has 0 radical (unpaired) electrons. The van der Waals surface area contributed by atoms with E-state index in [0.717, 1.165) is 16.7 Å². The van der Waals surface area contributed by atoms with Gasteiger partial charge in [0.05, 0.1) is 11.9 Å². The maximum Gasteiger partial charge on any atom is 0.249 e. The van der Waals surface area contributed by atoms with Crippen molar-refractivity contribution in [1.29, 1.82) is 0 Å². The molecule has 2 aromatic rings. The largest absolute Gasteiger partial charge is 0.321 e. The number of rotatable bonds is 1. The minimum Gasteiger partial charge on any atom is -0.321 e. The normalized spacial score (nSPS) is 14.5. The second-order valence-corrected chi connectivity index (χ2v) is 4.10. The third-order valence-electron chi connectivity index (χ3n) is 2.84. The molecule has 1 aromatic carbocycles. The molecule has 0 spiro atoms. The minimum absolute atomic E-state index is 0.151. The zero-order chi connectivity index (χ0) is 13.1. The summed E-state index contributed by atoms with van der Waals surface area (Å²) in [4.78, 5) is 22.7. The molecule has 1 N–H and O–H groups in total. The van der Waals surface area contributed by atoms with Crippen molar-refractivity contribution < 1.29 is 0 Å². The summed E-state index contributed by atoms with van der Waals surface area (Å²) in [6.45, 7) is 0. The van der Waals surface area contributed by atoms with Crippen molar-refractivity contribution >= 4 is 12.4 Å². The number of fused-ring (bicyclic) bond motifs is 1. The molecule has 4 heteroatoms. The topological polar surface area (TPSA) is 57.6 Å². The van der Waals surface area contributed by atoms with E-state index in [-0.39, 0.29) is 5.56 Å². The highest BCUT2D eigenvalue weighted by Crippen LogP contribution is 2.22. The molecule has 0 saturated heterocycles. The van der Waals surface area contributed by atoms with Crippen molar-refractivity contribution in [2.45, 2.75) is 0 Å². The minimum atomic E-state index is -0.151. The van der Waals surface area contributed by atoms with Gasteiger partial charge in [-0.25, -0.2) is 0 Å². The highest BCUT2D eigenvalue weighted by atomic mass is 16.1. The van der Waals surface area contributed by atoms with E-state index in [1.807, 2.05) is 30.3 Å². The summed E-state index contributed by atoms with van der Waals surface area (Å²) in [5.41, 5.74) is 3.21. The molecule has 1 aliphatic rings. The van der Waals surface area contributed by atoms with Crippen LogP contribution in [0.3, 0.4) is 0 Å². The van der Waals surface area contributed by atoms with Crippen LogP contribution in [0.15, 0.2) is 63.6 Å². The van der Waals surface area contributed by atoms with E-state index >= 15 is 0 Å². The van der Waals surface area contributed by atoms with Crippen molar-refractivity contribution in [1.82, 2.24) is 4.98 Å². The molecule has 0 amide bonds. The number of pyridine rings is 1. The molecule has 1 aliphatic heterocycles. The summed E-state index contributed by atoms with van der Waals surface area (Å²) in [6.07, 6.45) is 6.55. The van der Waals surface area contributed by atoms with Crippen LogP contribution in [0.1, 0.15) is 11.3 Å². The number of hydrogen-bond acceptors (Lipinski definition) is 3. The number of H-pyrrole nitrogens is 1. The Morgan fingerprint density at radius 3 is 2.47 bits per heavy atom. The summed E-state index contributed by atoms with van der Waals surface area (Å²) in [5, 5.41) is 0. The monoisotopic (exact) mass is 249 g/mol. The quantitative estimate of drug-likeness (QED) is 0.828. The zero-order valence-electron chi connectivity index (χ0n) is 10.1. The second-order valence-electron chi connectivity index (χ2n) is 4.10. The van der Waals surface area contributed by atoms with E-state index in [9.17, 15) is 4.79 Å². The van der Waals surface area contributed by atoms with Crippen LogP contribution >= 0.6 is 0 Å². The lowest BCUT2D eigenvalue weighted by atomic mass is 10.00. The predicted molar refractivity (Wildman–Crippen MR) is 76.8 cm³/mol. The maximum atomic E-state index is 11.8. The van der Waals surface area contributed by atoms with E-state index < -0.39 is 0 Å². The van der Waals surface area contributed by atoms with Gasteiger partial charge in [-0.3, -0.25) is 14.8 Å². The molecule has 0 aliphatic carbocycles. The number of nitrogens with zero attached hydrogens (tertiary/aromatic N) is 2. The molecule has 0 fully saturated rings. The fourth-order valence-corrected chi connectivity index (χ4v) is 2.00. The van der Waals surface area contributed by atoms with Gasteiger partial charge in [0.25, 0.3) is 0 Å². The van der Waals surface area contributed by atoms with Gasteiger partial charge in [-0.15, -0.1) is 0 Å². The fraction of sp³-hybridized carbons (Fsp3) is 0. The van der Waals surface area contributed by atoms with Crippen LogP contribution in [0.25, 0.3) is 11.1 Å². The number of aromatic amines is 1. The molecule has 0 unspecified atom stereocenters. The summed E-state index contributed by atoms with van der Waals surface area (Å²) >= 11 is 0. The van der Waals surface area contributed by atoms with E-state index in [1.54, 1.807) is 30.9 Å². The van der Waals surface area contributed by atoms with Crippen molar-refractivity contribution in [3.8, 4) is 11.1 Å². The zero-order valence-corrected chi connectivity index (χ0v) is 10.1. The Kier molecular flexibility index (Phi) is 2.90. The van der Waals surface area contributed by atoms with Gasteiger partial charge in [0.1, 0.15) is 0 Å². The number of nitrogens with one attached hydrogen (secondary N) is 1. The van der Waals surface area contributed by atoms with Crippen molar-refractivity contribution in [2.24, 2.45) is 9.98 Å². The summed E-state index contributed by atoms with van der Waals surface area (Å²) in [6, 6.07) is 11.3. The molecule has 92 valence electrons. The maximum absolute atomic E-state index is 11.8. The van der Waals surface area contributed by atoms with Crippen LogP contribution in [0.5, 0.6) is 0 Å². The summed E-state index contributed by atoms with van der Waals surface area (Å²) < 4.78 is 0. The van der Waals surface area contributed by atoms with Crippen molar-refractivity contribution in [2.75, 3.05) is 0 Å². The van der Waals surface area contributed by atoms with Crippen LogP contribution in [0.2, 0.25) is 0 Å². The van der Waals surface area contributed by atoms with Crippen LogP contribution in [-0.4, -0.2) is 17.4 Å². The molecule has 19 heavy (non-hydrogen) atoms. The first-order valence-corrected chi connectivity index (χ1v) is 5.89. The number of hydrogen-bond donors (Lipinski definition) is 1. The molecular weight excluding hydrogens is 238 g/mol. The highest BCUT2D eigenvalue weighted by Gasteiger charge is 2.09. The molecular formula is C15H11N3O. The van der Waals surface area contributed by atoms with Gasteiger partial charge in [-0.05, 0) is 11.1 Å². The average molecular weight is 249 g/mol. The Bertz CT molecular complexity index is 740. The SMILES string of the molecule is O=c1cc(-c2ccccc2)c2c([nH]1)C=N/C=C\N=C2. The Hall–Kier alpha value is -2.75. The molecule has 0 bridgehead atoms. The van der Waals surface area contributed by atoms with Gasteiger partial charge in [0.15, 0.2) is 0 Å². The Morgan fingerprint density at radius 1 is 0.947 bits per heavy atom. The first-order chi connectivity index (χ1) is 9.34. The Balaban J connectivity index is 2.29. The lowest BCUT2D eigenvalue weighted by Gasteiger charge is -2.09. The van der Waals surface area contributed by atoms with Gasteiger partial charge >= 0.3 is 0 Å². The van der Waals surface area contributed by atoms with E-state index in [0.29, 0.717) is 5.69 Å². The van der Waals surface area contributed by atoms with Crippen molar-refractivity contribution in [3.05, 3.63) is 70.4 Å². The van der Waals surface area contributed by atoms with Gasteiger partial charge in [0.2, 0.25) is 5.56 Å². The number of aromatic nitrogens is 1. The number of benzene rings is 1. The van der Waals surface area contributed by atoms with E-state index in [1.165, 1.54) is 0 Å². The van der Waals surface area contributed by atoms with Crippen LogP contribution in [0, 0.1) is 0 Å². The Labute approximate surface area is 109 Å². The third-order valence-corrected chi connectivity index (χ3v) is 2.84. The molecule has 0 saturated carbocycles. The van der Waals surface area contributed by atoms with Crippen LogP contribution in [0.4, 0.5) is 0 Å².